The Labute approximate surface area is 137 Å². The fourth-order valence-electron chi connectivity index (χ4n) is 3.17. The molecule has 23 heavy (non-hydrogen) atoms. The van der Waals surface area contributed by atoms with Crippen molar-refractivity contribution in [1.29, 1.82) is 0 Å². The molecule has 0 radical (unpaired) electrons. The number of fused-ring (bicyclic) bond motifs is 1. The van der Waals surface area contributed by atoms with Crippen molar-refractivity contribution in [3.05, 3.63) is 58.3 Å². The average molecular weight is 308 g/mol. The molecule has 0 bridgehead atoms. The fraction of sp³-hybridized carbons (Fsp3) is 0.368. The maximum atomic E-state index is 4.73. The van der Waals surface area contributed by atoms with E-state index in [-0.39, 0.29) is 0 Å². The summed E-state index contributed by atoms with van der Waals surface area (Å²) >= 11 is 0. The minimum absolute atomic E-state index is 0.807. The van der Waals surface area contributed by atoms with E-state index in [9.17, 15) is 0 Å². The highest BCUT2D eigenvalue weighted by Crippen LogP contribution is 2.24. The average Bonchev–Trinajstić information content (AvgIpc) is 2.85. The highest BCUT2D eigenvalue weighted by Gasteiger charge is 2.10. The van der Waals surface area contributed by atoms with Crippen LogP contribution in [0.5, 0.6) is 0 Å². The third-order valence-electron chi connectivity index (χ3n) is 4.08. The third kappa shape index (κ3) is 3.42. The van der Waals surface area contributed by atoms with Crippen LogP contribution in [0.3, 0.4) is 0 Å². The monoisotopic (exact) mass is 308 g/mol. The van der Waals surface area contributed by atoms with E-state index < -0.39 is 0 Å². The Morgan fingerprint density at radius 3 is 2.52 bits per heavy atom. The summed E-state index contributed by atoms with van der Waals surface area (Å²) < 4.78 is 0. The number of nitrogens with one attached hydrogen (secondary N) is 1. The Morgan fingerprint density at radius 1 is 1.04 bits per heavy atom. The van der Waals surface area contributed by atoms with Gasteiger partial charge in [0.2, 0.25) is 0 Å². The zero-order chi connectivity index (χ0) is 16.6. The molecule has 2 heterocycles. The van der Waals surface area contributed by atoms with Crippen LogP contribution in [-0.4, -0.2) is 26.9 Å². The van der Waals surface area contributed by atoms with Gasteiger partial charge in [0.05, 0.1) is 12.1 Å². The van der Waals surface area contributed by atoms with Crippen LogP contribution < -0.4 is 0 Å². The van der Waals surface area contributed by atoms with E-state index in [0.29, 0.717) is 0 Å². The van der Waals surface area contributed by atoms with Gasteiger partial charge < -0.3 is 4.98 Å². The summed E-state index contributed by atoms with van der Waals surface area (Å²) in [5.74, 6) is 1.01. The van der Waals surface area contributed by atoms with Crippen molar-refractivity contribution in [2.75, 3.05) is 7.05 Å². The molecule has 1 N–H and O–H groups in total. The number of nitrogens with zero attached hydrogens (tertiary/aromatic N) is 3. The van der Waals surface area contributed by atoms with Gasteiger partial charge in [0, 0.05) is 29.5 Å². The number of rotatable bonds is 4. The van der Waals surface area contributed by atoms with E-state index in [1.165, 1.54) is 22.1 Å². The third-order valence-corrected chi connectivity index (χ3v) is 4.08. The van der Waals surface area contributed by atoms with Crippen molar-refractivity contribution in [3.63, 3.8) is 0 Å². The summed E-state index contributed by atoms with van der Waals surface area (Å²) in [6.07, 6.45) is 1.88. The van der Waals surface area contributed by atoms with Crippen molar-refractivity contribution >= 4 is 10.9 Å². The van der Waals surface area contributed by atoms with Crippen LogP contribution in [0.2, 0.25) is 0 Å². The van der Waals surface area contributed by atoms with Crippen molar-refractivity contribution in [1.82, 2.24) is 19.9 Å². The number of aromatic nitrogens is 3. The summed E-state index contributed by atoms with van der Waals surface area (Å²) in [5.41, 5.74) is 7.14. The van der Waals surface area contributed by atoms with Crippen LogP contribution in [-0.2, 0) is 13.1 Å². The molecule has 0 amide bonds. The van der Waals surface area contributed by atoms with E-state index in [2.05, 4.69) is 60.9 Å². The van der Waals surface area contributed by atoms with Gasteiger partial charge in [-0.1, -0.05) is 11.6 Å². The summed E-state index contributed by atoms with van der Waals surface area (Å²) in [6.45, 7) is 10.1. The summed E-state index contributed by atoms with van der Waals surface area (Å²) in [4.78, 5) is 14.7. The number of imidazole rings is 1. The zero-order valence-corrected chi connectivity index (χ0v) is 14.6. The van der Waals surface area contributed by atoms with Crippen LogP contribution in [0.25, 0.3) is 10.9 Å². The smallest absolute Gasteiger partial charge is 0.120 e. The number of aromatic amines is 1. The minimum Gasteiger partial charge on any atom is -0.345 e. The van der Waals surface area contributed by atoms with Crippen molar-refractivity contribution in [2.24, 2.45) is 0 Å². The highest BCUT2D eigenvalue weighted by molar-refractivity contribution is 5.86. The lowest BCUT2D eigenvalue weighted by molar-refractivity contribution is 0.312. The first-order valence-corrected chi connectivity index (χ1v) is 7.99. The molecule has 0 aliphatic heterocycles. The van der Waals surface area contributed by atoms with Gasteiger partial charge in [-0.15, -0.1) is 0 Å². The largest absolute Gasteiger partial charge is 0.345 e. The van der Waals surface area contributed by atoms with E-state index >= 15 is 0 Å². The Kier molecular flexibility index (Phi) is 4.18. The molecule has 4 heteroatoms. The van der Waals surface area contributed by atoms with Gasteiger partial charge >= 0.3 is 0 Å². The lowest BCUT2D eigenvalue weighted by atomic mass is 10.0. The van der Waals surface area contributed by atoms with Crippen LogP contribution in [0.15, 0.2) is 24.4 Å². The number of benzene rings is 1. The molecule has 0 saturated heterocycles. The highest BCUT2D eigenvalue weighted by atomic mass is 15.1. The summed E-state index contributed by atoms with van der Waals surface area (Å²) in [5, 5.41) is 1.26. The second kappa shape index (κ2) is 6.13. The van der Waals surface area contributed by atoms with Crippen molar-refractivity contribution in [2.45, 2.75) is 40.8 Å². The standard InChI is InChI=1S/C19H24N4/c1-12-6-13(2)19-17(7-12)16(8-14(3)22-19)10-23(5)11-18-20-9-15(4)21-18/h6-9H,10-11H2,1-5H3,(H,20,21). The molecule has 0 atom stereocenters. The van der Waals surface area contributed by atoms with Gasteiger partial charge in [-0.3, -0.25) is 9.88 Å². The number of hydrogen-bond donors (Lipinski definition) is 1. The van der Waals surface area contributed by atoms with Crippen LogP contribution >= 0.6 is 0 Å². The first kappa shape index (κ1) is 15.7. The zero-order valence-electron chi connectivity index (χ0n) is 14.6. The quantitative estimate of drug-likeness (QED) is 0.797. The molecule has 2 aromatic heterocycles. The number of H-pyrrole nitrogens is 1. The molecule has 0 fully saturated rings. The van der Waals surface area contributed by atoms with Crippen molar-refractivity contribution < 1.29 is 0 Å². The second-order valence-electron chi connectivity index (χ2n) is 6.59. The normalized spacial score (nSPS) is 11.6. The lowest BCUT2D eigenvalue weighted by Crippen LogP contribution is -2.18. The first-order chi connectivity index (χ1) is 10.9. The summed E-state index contributed by atoms with van der Waals surface area (Å²) in [6, 6.07) is 6.65. The van der Waals surface area contributed by atoms with Gasteiger partial charge in [0.15, 0.2) is 0 Å². The fourth-order valence-corrected chi connectivity index (χ4v) is 3.17. The van der Waals surface area contributed by atoms with Crippen molar-refractivity contribution in [3.8, 4) is 0 Å². The molecule has 0 aliphatic carbocycles. The predicted octanol–water partition coefficient (Wildman–Crippen LogP) is 3.82. The summed E-state index contributed by atoms with van der Waals surface area (Å²) in [7, 11) is 2.13. The van der Waals surface area contributed by atoms with Gasteiger partial charge in [0.1, 0.15) is 5.82 Å². The first-order valence-electron chi connectivity index (χ1n) is 7.99. The van der Waals surface area contributed by atoms with Gasteiger partial charge in [-0.05, 0) is 58.0 Å². The maximum absolute atomic E-state index is 4.73. The molecule has 0 unspecified atom stereocenters. The predicted molar refractivity (Wildman–Crippen MR) is 94.4 cm³/mol. The molecule has 120 valence electrons. The number of hydrogen-bond acceptors (Lipinski definition) is 3. The Balaban J connectivity index is 1.92. The van der Waals surface area contributed by atoms with Crippen LogP contribution in [0.4, 0.5) is 0 Å². The van der Waals surface area contributed by atoms with E-state index in [1.54, 1.807) is 0 Å². The number of aryl methyl sites for hydroxylation is 4. The second-order valence-corrected chi connectivity index (χ2v) is 6.59. The molecule has 4 nitrogen and oxygen atoms in total. The molecule has 0 spiro atoms. The van der Waals surface area contributed by atoms with E-state index in [4.69, 9.17) is 4.98 Å². The molecule has 0 aliphatic rings. The number of pyridine rings is 1. The molecular weight excluding hydrogens is 284 g/mol. The Morgan fingerprint density at radius 2 is 1.83 bits per heavy atom. The van der Waals surface area contributed by atoms with E-state index in [1.807, 2.05) is 13.1 Å². The van der Waals surface area contributed by atoms with Crippen LogP contribution in [0, 0.1) is 27.7 Å². The molecule has 3 aromatic rings. The Hall–Kier alpha value is -2.20. The molecule has 1 aromatic carbocycles. The van der Waals surface area contributed by atoms with Crippen LogP contribution in [0.1, 0.15) is 33.9 Å². The minimum atomic E-state index is 0.807. The Bertz CT molecular complexity index is 848. The molecular formula is C19H24N4. The topological polar surface area (TPSA) is 44.8 Å². The molecule has 3 rings (SSSR count). The molecule has 0 saturated carbocycles. The van der Waals surface area contributed by atoms with Gasteiger partial charge in [-0.25, -0.2) is 4.98 Å². The lowest BCUT2D eigenvalue weighted by Gasteiger charge is -2.18. The SMILES string of the molecule is Cc1cc(C)c2nc(C)cc(CN(C)Cc3ncc(C)[nH]3)c2c1. The van der Waals surface area contributed by atoms with Gasteiger partial charge in [0.25, 0.3) is 0 Å². The maximum Gasteiger partial charge on any atom is 0.120 e. The van der Waals surface area contributed by atoms with E-state index in [0.717, 1.165) is 35.8 Å². The van der Waals surface area contributed by atoms with Gasteiger partial charge in [-0.2, -0.15) is 0 Å².